The van der Waals surface area contributed by atoms with Crippen molar-refractivity contribution in [3.63, 3.8) is 0 Å². The number of benzene rings is 1. The first-order valence-electron chi connectivity index (χ1n) is 5.77. The van der Waals surface area contributed by atoms with Crippen LogP contribution < -0.4 is 10.5 Å². The third kappa shape index (κ3) is 2.11. The van der Waals surface area contributed by atoms with Gasteiger partial charge in [0, 0.05) is 6.07 Å². The van der Waals surface area contributed by atoms with Gasteiger partial charge in [0.05, 0.1) is 0 Å². The van der Waals surface area contributed by atoms with E-state index >= 15 is 0 Å². The summed E-state index contributed by atoms with van der Waals surface area (Å²) >= 11 is 0. The van der Waals surface area contributed by atoms with E-state index in [1.54, 1.807) is 6.07 Å². The molecule has 0 saturated carbocycles. The number of rotatable bonds is 3. The van der Waals surface area contributed by atoms with Gasteiger partial charge in [-0.3, -0.25) is 0 Å². The van der Waals surface area contributed by atoms with Crippen LogP contribution in [0.4, 0.5) is 5.88 Å². The van der Waals surface area contributed by atoms with E-state index in [9.17, 15) is 0 Å². The maximum absolute atomic E-state index is 5.65. The van der Waals surface area contributed by atoms with Crippen LogP contribution >= 0.6 is 0 Å². The summed E-state index contributed by atoms with van der Waals surface area (Å²) in [6, 6.07) is 7.95. The first-order valence-corrected chi connectivity index (χ1v) is 5.77. The first kappa shape index (κ1) is 10.2. The number of hydrogen-bond acceptors (Lipinski definition) is 4. The SMILES string of the molecule is Nc1cc(COc2ccc3c(c2)CCC3)no1. The molecule has 2 N–H and O–H groups in total. The Morgan fingerprint density at radius 2 is 2.12 bits per heavy atom. The fourth-order valence-electron chi connectivity index (χ4n) is 2.19. The predicted octanol–water partition coefficient (Wildman–Crippen LogP) is 2.32. The molecule has 0 amide bonds. The van der Waals surface area contributed by atoms with Gasteiger partial charge in [0.2, 0.25) is 5.88 Å². The van der Waals surface area contributed by atoms with Crippen LogP contribution in [0.15, 0.2) is 28.8 Å². The van der Waals surface area contributed by atoms with Gasteiger partial charge >= 0.3 is 0 Å². The number of aryl methyl sites for hydroxylation is 2. The van der Waals surface area contributed by atoms with Gasteiger partial charge in [0.15, 0.2) is 0 Å². The third-order valence-corrected chi connectivity index (χ3v) is 3.03. The van der Waals surface area contributed by atoms with E-state index in [2.05, 4.69) is 17.3 Å². The highest BCUT2D eigenvalue weighted by atomic mass is 16.5. The van der Waals surface area contributed by atoms with Crippen LogP contribution in [0.25, 0.3) is 0 Å². The van der Waals surface area contributed by atoms with Gasteiger partial charge in [-0.15, -0.1) is 0 Å². The Bertz CT molecular complexity index is 534. The average Bonchev–Trinajstić information content (AvgIpc) is 2.94. The number of nitrogen functional groups attached to an aromatic ring is 1. The summed E-state index contributed by atoms with van der Waals surface area (Å²) in [4.78, 5) is 0. The Balaban J connectivity index is 1.69. The van der Waals surface area contributed by atoms with Crippen molar-refractivity contribution in [2.24, 2.45) is 0 Å². The number of nitrogens with zero attached hydrogens (tertiary/aromatic N) is 1. The summed E-state index contributed by atoms with van der Waals surface area (Å²) in [6.07, 6.45) is 3.59. The molecule has 0 saturated heterocycles. The monoisotopic (exact) mass is 230 g/mol. The Kier molecular flexibility index (Phi) is 2.48. The van der Waals surface area contributed by atoms with Gasteiger partial charge in [-0.2, -0.15) is 0 Å². The van der Waals surface area contributed by atoms with Crippen LogP contribution in [0.1, 0.15) is 23.2 Å². The van der Waals surface area contributed by atoms with Crippen molar-refractivity contribution >= 4 is 5.88 Å². The van der Waals surface area contributed by atoms with E-state index < -0.39 is 0 Å². The molecule has 17 heavy (non-hydrogen) atoms. The molecule has 1 aliphatic rings. The van der Waals surface area contributed by atoms with Crippen molar-refractivity contribution in [3.05, 3.63) is 41.1 Å². The van der Waals surface area contributed by atoms with Gasteiger partial charge in [-0.1, -0.05) is 11.2 Å². The fourth-order valence-corrected chi connectivity index (χ4v) is 2.19. The molecule has 4 nitrogen and oxygen atoms in total. The molecule has 0 radical (unpaired) electrons. The number of anilines is 1. The van der Waals surface area contributed by atoms with Crippen LogP contribution in [-0.4, -0.2) is 5.16 Å². The fraction of sp³-hybridized carbons (Fsp3) is 0.308. The Hall–Kier alpha value is -1.97. The lowest BCUT2D eigenvalue weighted by Gasteiger charge is -2.06. The summed E-state index contributed by atoms with van der Waals surface area (Å²) in [5, 5.41) is 3.78. The summed E-state index contributed by atoms with van der Waals surface area (Å²) in [6.45, 7) is 0.388. The van der Waals surface area contributed by atoms with Gasteiger partial charge in [0.25, 0.3) is 0 Å². The minimum Gasteiger partial charge on any atom is -0.487 e. The number of aromatic nitrogens is 1. The Morgan fingerprint density at radius 1 is 1.24 bits per heavy atom. The van der Waals surface area contributed by atoms with Crippen LogP contribution in [0.5, 0.6) is 5.75 Å². The molecule has 0 aliphatic heterocycles. The number of hydrogen-bond donors (Lipinski definition) is 1. The van der Waals surface area contributed by atoms with Crippen LogP contribution in [0.2, 0.25) is 0 Å². The topological polar surface area (TPSA) is 61.3 Å². The molecule has 4 heteroatoms. The summed E-state index contributed by atoms with van der Waals surface area (Å²) < 4.78 is 10.4. The van der Waals surface area contributed by atoms with Crippen molar-refractivity contribution in [1.29, 1.82) is 0 Å². The van der Waals surface area contributed by atoms with Gasteiger partial charge < -0.3 is 15.0 Å². The highest BCUT2D eigenvalue weighted by Gasteiger charge is 2.11. The second kappa shape index (κ2) is 4.13. The lowest BCUT2D eigenvalue weighted by Crippen LogP contribution is -1.96. The quantitative estimate of drug-likeness (QED) is 0.879. The predicted molar refractivity (Wildman–Crippen MR) is 63.7 cm³/mol. The standard InChI is InChI=1S/C13H14N2O2/c14-13-7-11(15-17-13)8-16-12-5-4-9-2-1-3-10(9)6-12/h4-7H,1-3,8,14H2. The van der Waals surface area contributed by atoms with Gasteiger partial charge in [0.1, 0.15) is 18.1 Å². The zero-order valence-corrected chi connectivity index (χ0v) is 9.48. The van der Waals surface area contributed by atoms with Crippen LogP contribution in [0, 0.1) is 0 Å². The van der Waals surface area contributed by atoms with Crippen molar-refractivity contribution in [1.82, 2.24) is 5.16 Å². The number of fused-ring (bicyclic) bond motifs is 1. The molecule has 0 spiro atoms. The zero-order valence-electron chi connectivity index (χ0n) is 9.48. The summed E-state index contributed by atoms with van der Waals surface area (Å²) in [5.41, 5.74) is 9.00. The van der Waals surface area contributed by atoms with Crippen LogP contribution in [0.3, 0.4) is 0 Å². The molecule has 88 valence electrons. The molecule has 0 fully saturated rings. The van der Waals surface area contributed by atoms with Crippen LogP contribution in [-0.2, 0) is 19.4 Å². The van der Waals surface area contributed by atoms with Crippen molar-refractivity contribution < 1.29 is 9.26 Å². The highest BCUT2D eigenvalue weighted by molar-refractivity contribution is 5.38. The first-order chi connectivity index (χ1) is 8.31. The van der Waals surface area contributed by atoms with Crippen molar-refractivity contribution in [3.8, 4) is 5.75 Å². The zero-order chi connectivity index (χ0) is 11.7. The van der Waals surface area contributed by atoms with Gasteiger partial charge in [-0.05, 0) is 42.5 Å². The van der Waals surface area contributed by atoms with Crippen molar-refractivity contribution in [2.75, 3.05) is 5.73 Å². The number of ether oxygens (including phenoxy) is 1. The maximum Gasteiger partial charge on any atom is 0.222 e. The third-order valence-electron chi connectivity index (χ3n) is 3.03. The van der Waals surface area contributed by atoms with Crippen molar-refractivity contribution in [2.45, 2.75) is 25.9 Å². The van der Waals surface area contributed by atoms with E-state index in [1.807, 2.05) is 6.07 Å². The van der Waals surface area contributed by atoms with E-state index in [0.29, 0.717) is 18.2 Å². The summed E-state index contributed by atoms with van der Waals surface area (Å²) in [5.74, 6) is 1.20. The molecule has 1 heterocycles. The average molecular weight is 230 g/mol. The molecule has 1 aromatic heterocycles. The smallest absolute Gasteiger partial charge is 0.222 e. The number of nitrogens with two attached hydrogens (primary N) is 1. The lowest BCUT2D eigenvalue weighted by atomic mass is 10.1. The van der Waals surface area contributed by atoms with Gasteiger partial charge in [-0.25, -0.2) is 0 Å². The molecular weight excluding hydrogens is 216 g/mol. The van der Waals surface area contributed by atoms with E-state index in [1.165, 1.54) is 24.0 Å². The molecule has 1 aromatic carbocycles. The second-order valence-electron chi connectivity index (χ2n) is 4.29. The highest BCUT2D eigenvalue weighted by Crippen LogP contribution is 2.26. The molecule has 1 aliphatic carbocycles. The van der Waals surface area contributed by atoms with E-state index in [0.717, 1.165) is 12.2 Å². The minimum absolute atomic E-state index is 0.317. The molecule has 0 atom stereocenters. The normalized spacial score (nSPS) is 13.6. The lowest BCUT2D eigenvalue weighted by molar-refractivity contribution is 0.290. The molecular formula is C13H14N2O2. The second-order valence-corrected chi connectivity index (χ2v) is 4.29. The minimum atomic E-state index is 0.317. The molecule has 2 aromatic rings. The summed E-state index contributed by atoms with van der Waals surface area (Å²) in [7, 11) is 0. The Labute approximate surface area is 99.4 Å². The maximum atomic E-state index is 5.65. The molecule has 0 bridgehead atoms. The largest absolute Gasteiger partial charge is 0.487 e. The molecule has 0 unspecified atom stereocenters. The Morgan fingerprint density at radius 3 is 2.94 bits per heavy atom. The van der Waals surface area contributed by atoms with E-state index in [-0.39, 0.29) is 0 Å². The van der Waals surface area contributed by atoms with E-state index in [4.69, 9.17) is 15.0 Å². The molecule has 3 rings (SSSR count).